The van der Waals surface area contributed by atoms with Gasteiger partial charge in [-0.05, 0) is 23.8 Å². The van der Waals surface area contributed by atoms with Crippen molar-refractivity contribution in [3.8, 4) is 0 Å². The highest BCUT2D eigenvalue weighted by atomic mass is 35.5. The minimum absolute atomic E-state index is 0.570. The van der Waals surface area contributed by atoms with E-state index < -0.39 is 0 Å². The van der Waals surface area contributed by atoms with Gasteiger partial charge in [0.2, 0.25) is 5.95 Å². The van der Waals surface area contributed by atoms with Gasteiger partial charge in [0.25, 0.3) is 0 Å². The van der Waals surface area contributed by atoms with Crippen LogP contribution in [-0.4, -0.2) is 17.0 Å². The lowest BCUT2D eigenvalue weighted by molar-refractivity contribution is 1.10. The standard InChI is InChI=1S/C16H15ClN4/c1-18-16-20-14-9-12(17)7-8-13(14)15(21-16)19-10-11-5-3-2-4-6-11/h2-9H,10H2,1H3,(H2,18,19,20,21). The molecule has 0 unspecified atom stereocenters. The Bertz CT molecular complexity index is 759. The topological polar surface area (TPSA) is 49.8 Å². The molecule has 0 amide bonds. The molecule has 1 heterocycles. The lowest BCUT2D eigenvalue weighted by Crippen LogP contribution is -2.05. The third-order valence-electron chi connectivity index (χ3n) is 3.19. The lowest BCUT2D eigenvalue weighted by atomic mass is 10.2. The highest BCUT2D eigenvalue weighted by Crippen LogP contribution is 2.25. The summed E-state index contributed by atoms with van der Waals surface area (Å²) in [6, 6.07) is 15.8. The van der Waals surface area contributed by atoms with E-state index >= 15 is 0 Å². The van der Waals surface area contributed by atoms with E-state index in [9.17, 15) is 0 Å². The highest BCUT2D eigenvalue weighted by Gasteiger charge is 2.07. The number of benzene rings is 2. The van der Waals surface area contributed by atoms with Crippen molar-refractivity contribution < 1.29 is 0 Å². The molecule has 106 valence electrons. The number of fused-ring (bicyclic) bond motifs is 1. The summed E-state index contributed by atoms with van der Waals surface area (Å²) in [6.45, 7) is 0.707. The maximum atomic E-state index is 6.04. The Labute approximate surface area is 128 Å². The quantitative estimate of drug-likeness (QED) is 0.766. The van der Waals surface area contributed by atoms with Crippen molar-refractivity contribution in [1.29, 1.82) is 0 Å². The van der Waals surface area contributed by atoms with Gasteiger partial charge in [0.1, 0.15) is 5.82 Å². The molecule has 0 atom stereocenters. The molecule has 0 aliphatic rings. The Morgan fingerprint density at radius 3 is 2.62 bits per heavy atom. The van der Waals surface area contributed by atoms with E-state index in [0.29, 0.717) is 17.5 Å². The summed E-state index contributed by atoms with van der Waals surface area (Å²) in [4.78, 5) is 8.91. The lowest BCUT2D eigenvalue weighted by Gasteiger charge is -2.11. The molecule has 0 saturated carbocycles. The first-order valence-corrected chi connectivity index (χ1v) is 7.07. The molecule has 3 aromatic rings. The van der Waals surface area contributed by atoms with Crippen LogP contribution in [0.15, 0.2) is 48.5 Å². The van der Waals surface area contributed by atoms with Gasteiger partial charge in [0.15, 0.2) is 0 Å². The Morgan fingerprint density at radius 1 is 1.05 bits per heavy atom. The van der Waals surface area contributed by atoms with Gasteiger partial charge < -0.3 is 10.6 Å². The summed E-state index contributed by atoms with van der Waals surface area (Å²) in [7, 11) is 1.80. The summed E-state index contributed by atoms with van der Waals surface area (Å²) < 4.78 is 0. The fraction of sp³-hybridized carbons (Fsp3) is 0.125. The van der Waals surface area contributed by atoms with E-state index in [1.165, 1.54) is 5.56 Å². The van der Waals surface area contributed by atoms with Crippen LogP contribution in [-0.2, 0) is 6.54 Å². The predicted octanol–water partition coefficient (Wildman–Crippen LogP) is 3.94. The van der Waals surface area contributed by atoms with E-state index in [4.69, 9.17) is 11.6 Å². The van der Waals surface area contributed by atoms with Crippen LogP contribution in [0.25, 0.3) is 10.9 Å². The zero-order valence-corrected chi connectivity index (χ0v) is 12.4. The number of aromatic nitrogens is 2. The molecule has 0 bridgehead atoms. The van der Waals surface area contributed by atoms with Gasteiger partial charge >= 0.3 is 0 Å². The molecule has 4 nitrogen and oxygen atoms in total. The monoisotopic (exact) mass is 298 g/mol. The van der Waals surface area contributed by atoms with Gasteiger partial charge in [-0.3, -0.25) is 0 Å². The van der Waals surface area contributed by atoms with E-state index in [1.54, 1.807) is 7.05 Å². The van der Waals surface area contributed by atoms with Crippen molar-refractivity contribution in [2.24, 2.45) is 0 Å². The van der Waals surface area contributed by atoms with E-state index in [-0.39, 0.29) is 0 Å². The number of nitrogens with one attached hydrogen (secondary N) is 2. The SMILES string of the molecule is CNc1nc(NCc2ccccc2)c2ccc(Cl)cc2n1. The second kappa shape index (κ2) is 5.97. The van der Waals surface area contributed by atoms with Crippen LogP contribution in [0.3, 0.4) is 0 Å². The summed E-state index contributed by atoms with van der Waals surface area (Å²) in [6.07, 6.45) is 0. The van der Waals surface area contributed by atoms with Crippen molar-refractivity contribution >= 4 is 34.3 Å². The Morgan fingerprint density at radius 2 is 1.86 bits per heavy atom. The molecular formula is C16H15ClN4. The fourth-order valence-electron chi connectivity index (χ4n) is 2.13. The van der Waals surface area contributed by atoms with Gasteiger partial charge in [0, 0.05) is 24.0 Å². The van der Waals surface area contributed by atoms with Crippen LogP contribution in [0.2, 0.25) is 5.02 Å². The number of nitrogens with zero attached hydrogens (tertiary/aromatic N) is 2. The van der Waals surface area contributed by atoms with Crippen LogP contribution in [0.1, 0.15) is 5.56 Å². The Kier molecular flexibility index (Phi) is 3.88. The van der Waals surface area contributed by atoms with Gasteiger partial charge in [-0.2, -0.15) is 4.98 Å². The Hall–Kier alpha value is -2.33. The number of anilines is 2. The average molecular weight is 299 g/mol. The first-order valence-electron chi connectivity index (χ1n) is 6.69. The number of hydrogen-bond acceptors (Lipinski definition) is 4. The maximum absolute atomic E-state index is 6.04. The van der Waals surface area contributed by atoms with Crippen molar-refractivity contribution in [3.63, 3.8) is 0 Å². The van der Waals surface area contributed by atoms with Gasteiger partial charge in [-0.25, -0.2) is 4.98 Å². The third kappa shape index (κ3) is 3.06. The molecule has 21 heavy (non-hydrogen) atoms. The molecule has 0 radical (unpaired) electrons. The summed E-state index contributed by atoms with van der Waals surface area (Å²) >= 11 is 6.04. The zero-order chi connectivity index (χ0) is 14.7. The molecule has 2 N–H and O–H groups in total. The number of halogens is 1. The van der Waals surface area contributed by atoms with E-state index in [0.717, 1.165) is 16.7 Å². The molecular weight excluding hydrogens is 284 g/mol. The zero-order valence-electron chi connectivity index (χ0n) is 11.6. The largest absolute Gasteiger partial charge is 0.365 e. The van der Waals surface area contributed by atoms with Crippen LogP contribution >= 0.6 is 11.6 Å². The molecule has 0 aliphatic heterocycles. The van der Waals surface area contributed by atoms with Gasteiger partial charge in [-0.15, -0.1) is 0 Å². The normalized spacial score (nSPS) is 10.6. The molecule has 0 aliphatic carbocycles. The van der Waals surface area contributed by atoms with E-state index in [1.807, 2.05) is 36.4 Å². The molecule has 0 saturated heterocycles. The highest BCUT2D eigenvalue weighted by molar-refractivity contribution is 6.31. The van der Waals surface area contributed by atoms with Crippen LogP contribution < -0.4 is 10.6 Å². The Balaban J connectivity index is 1.96. The maximum Gasteiger partial charge on any atom is 0.224 e. The minimum Gasteiger partial charge on any atom is -0.365 e. The molecule has 0 fully saturated rings. The first-order chi connectivity index (χ1) is 10.3. The molecule has 2 aromatic carbocycles. The summed E-state index contributed by atoms with van der Waals surface area (Å²) in [5.41, 5.74) is 2.02. The number of hydrogen-bond donors (Lipinski definition) is 2. The van der Waals surface area contributed by atoms with Gasteiger partial charge in [-0.1, -0.05) is 41.9 Å². The van der Waals surface area contributed by atoms with Crippen molar-refractivity contribution in [2.75, 3.05) is 17.7 Å². The third-order valence-corrected chi connectivity index (χ3v) is 3.42. The second-order valence-electron chi connectivity index (χ2n) is 4.65. The van der Waals surface area contributed by atoms with Crippen molar-refractivity contribution in [2.45, 2.75) is 6.54 Å². The van der Waals surface area contributed by atoms with Crippen LogP contribution in [0.5, 0.6) is 0 Å². The smallest absolute Gasteiger partial charge is 0.224 e. The summed E-state index contributed by atoms with van der Waals surface area (Å²) in [5.74, 6) is 1.37. The molecule has 0 spiro atoms. The van der Waals surface area contributed by atoms with Gasteiger partial charge in [0.05, 0.1) is 5.52 Å². The molecule has 1 aromatic heterocycles. The number of rotatable bonds is 4. The predicted molar refractivity (Wildman–Crippen MR) is 87.9 cm³/mol. The fourth-order valence-corrected chi connectivity index (χ4v) is 2.30. The van der Waals surface area contributed by atoms with Crippen molar-refractivity contribution in [1.82, 2.24) is 9.97 Å². The average Bonchev–Trinajstić information content (AvgIpc) is 2.52. The van der Waals surface area contributed by atoms with Crippen LogP contribution in [0, 0.1) is 0 Å². The molecule has 5 heteroatoms. The second-order valence-corrected chi connectivity index (χ2v) is 5.08. The van der Waals surface area contributed by atoms with E-state index in [2.05, 4.69) is 32.7 Å². The first kappa shape index (κ1) is 13.6. The van der Waals surface area contributed by atoms with Crippen LogP contribution in [0.4, 0.5) is 11.8 Å². The minimum atomic E-state index is 0.570. The summed E-state index contributed by atoms with van der Waals surface area (Å²) in [5, 5.41) is 7.95. The van der Waals surface area contributed by atoms with Crippen molar-refractivity contribution in [3.05, 3.63) is 59.1 Å². The molecule has 3 rings (SSSR count).